The molecule has 0 spiro atoms. The van der Waals surface area contributed by atoms with Crippen molar-refractivity contribution in [3.05, 3.63) is 186 Å². The number of benzene rings is 4. The Hall–Kier alpha value is -5.62. The van der Waals surface area contributed by atoms with Crippen LogP contribution in [0.2, 0.25) is 0 Å². The zero-order valence-corrected chi connectivity index (χ0v) is 28.3. The van der Waals surface area contributed by atoms with E-state index in [9.17, 15) is 0 Å². The van der Waals surface area contributed by atoms with Gasteiger partial charge in [-0.05, 0) is 65.1 Å². The van der Waals surface area contributed by atoms with Crippen molar-refractivity contribution >= 4 is 10.8 Å². The molecule has 1 atom stereocenters. The number of hydrogen-bond donors (Lipinski definition) is 0. The molecule has 0 radical (unpaired) electrons. The second-order valence-corrected chi connectivity index (χ2v) is 11.2. The minimum Gasteiger partial charge on any atom is -0.421 e. The van der Waals surface area contributed by atoms with Gasteiger partial charge in [0.25, 0.3) is 0 Å². The quantitative estimate of drug-likeness (QED) is 0.168. The first-order chi connectivity index (χ1) is 23.2. The van der Waals surface area contributed by atoms with Crippen LogP contribution in [0.1, 0.15) is 28.3 Å². The number of rotatable bonds is 4. The molecule has 4 aromatic heterocycles. The van der Waals surface area contributed by atoms with E-state index in [-0.39, 0.29) is 20.1 Å². The fourth-order valence-corrected chi connectivity index (χ4v) is 6.46. The third-order valence-electron chi connectivity index (χ3n) is 8.44. The van der Waals surface area contributed by atoms with E-state index in [2.05, 4.69) is 117 Å². The molecule has 0 saturated heterocycles. The monoisotopic (exact) mass is 796 g/mol. The third kappa shape index (κ3) is 5.33. The van der Waals surface area contributed by atoms with E-state index in [1.165, 1.54) is 16.7 Å². The maximum atomic E-state index is 5.41. The Labute approximate surface area is 292 Å². The molecule has 6 nitrogen and oxygen atoms in total. The first kappa shape index (κ1) is 31.0. The maximum Gasteiger partial charge on any atom is 3.00 e. The van der Waals surface area contributed by atoms with Gasteiger partial charge in [-0.15, -0.1) is 47.0 Å². The third-order valence-corrected chi connectivity index (χ3v) is 8.44. The summed E-state index contributed by atoms with van der Waals surface area (Å²) in [6, 6.07) is 52.3. The summed E-state index contributed by atoms with van der Waals surface area (Å²) >= 11 is 0. The molecule has 1 aliphatic carbocycles. The zero-order valence-electron chi connectivity index (χ0n) is 25.9. The van der Waals surface area contributed by atoms with Crippen LogP contribution >= 0.6 is 0 Å². The van der Waals surface area contributed by atoms with Crippen LogP contribution in [0.15, 0.2) is 146 Å². The molecule has 0 aliphatic heterocycles. The molecule has 0 fully saturated rings. The number of fused-ring (bicyclic) bond motifs is 4. The van der Waals surface area contributed by atoms with Gasteiger partial charge in [-0.1, -0.05) is 66.2 Å². The summed E-state index contributed by atoms with van der Waals surface area (Å²) in [7, 11) is 0. The molecule has 1 aliphatic rings. The largest absolute Gasteiger partial charge is 3.00 e. The number of aryl methyl sites for hydroxylation is 1. The van der Waals surface area contributed by atoms with Gasteiger partial charge in [0.1, 0.15) is 0 Å². The average molecular weight is 796 g/mol. The van der Waals surface area contributed by atoms with Crippen molar-refractivity contribution in [3.8, 4) is 33.9 Å². The number of pyridine rings is 3. The Balaban J connectivity index is 0.000000237. The Kier molecular flexibility index (Phi) is 8.55. The smallest absolute Gasteiger partial charge is 0.421 e. The second-order valence-electron chi connectivity index (χ2n) is 11.2. The fourth-order valence-electron chi connectivity index (χ4n) is 6.46. The molecule has 0 unspecified atom stereocenters. The Morgan fingerprint density at radius 2 is 1.40 bits per heavy atom. The van der Waals surface area contributed by atoms with Crippen LogP contribution in [-0.2, 0) is 25.5 Å². The van der Waals surface area contributed by atoms with Crippen molar-refractivity contribution < 1.29 is 20.1 Å². The Morgan fingerprint density at radius 3 is 2.17 bits per heavy atom. The summed E-state index contributed by atoms with van der Waals surface area (Å²) in [4.78, 5) is 18.5. The van der Waals surface area contributed by atoms with E-state index in [0.29, 0.717) is 11.6 Å². The number of nitrogens with zero attached hydrogens (tertiary/aromatic N) is 6. The Morgan fingerprint density at radius 1 is 0.646 bits per heavy atom. The van der Waals surface area contributed by atoms with Crippen molar-refractivity contribution in [2.45, 2.75) is 12.3 Å². The SMILES string of the molecule is Cc1n[n-]c(-c2ccccn2)n1.[Ir+3].[c-]1ccccc1-c1nc([C@]2(c3ccccn3)c3[c-]cccc3-c3ccccc32)cc2ccccc12. The van der Waals surface area contributed by atoms with Gasteiger partial charge in [-0.2, -0.15) is 24.3 Å². The molecule has 4 heterocycles. The number of aromatic nitrogens is 6. The van der Waals surface area contributed by atoms with Crippen LogP contribution < -0.4 is 5.10 Å². The predicted molar refractivity (Wildman–Crippen MR) is 183 cm³/mol. The van der Waals surface area contributed by atoms with E-state index in [4.69, 9.17) is 9.97 Å². The van der Waals surface area contributed by atoms with Crippen LogP contribution in [0.25, 0.3) is 44.7 Å². The van der Waals surface area contributed by atoms with Crippen molar-refractivity contribution in [2.24, 2.45) is 0 Å². The van der Waals surface area contributed by atoms with Crippen molar-refractivity contribution in [3.63, 3.8) is 0 Å². The molecular weight excluding hydrogens is 769 g/mol. The molecule has 0 amide bonds. The summed E-state index contributed by atoms with van der Waals surface area (Å²) in [5.41, 5.74) is 8.52. The van der Waals surface area contributed by atoms with E-state index < -0.39 is 5.41 Å². The number of hydrogen-bond acceptors (Lipinski definition) is 5. The minimum absolute atomic E-state index is 0. The Bertz CT molecular complexity index is 2280. The van der Waals surface area contributed by atoms with Crippen molar-refractivity contribution in [1.29, 1.82) is 0 Å². The van der Waals surface area contributed by atoms with Crippen LogP contribution in [-0.4, -0.2) is 25.0 Å². The second kappa shape index (κ2) is 13.2. The first-order valence-corrected chi connectivity index (χ1v) is 15.4. The summed E-state index contributed by atoms with van der Waals surface area (Å²) in [6.45, 7) is 1.80. The van der Waals surface area contributed by atoms with Crippen LogP contribution in [0, 0.1) is 19.1 Å². The van der Waals surface area contributed by atoms with Crippen LogP contribution in [0.3, 0.4) is 0 Å². The fraction of sp³-hybridized carbons (Fsp3) is 0.0488. The molecule has 4 aromatic carbocycles. The van der Waals surface area contributed by atoms with Crippen LogP contribution in [0.5, 0.6) is 0 Å². The topological polar surface area (TPSA) is 78.5 Å². The van der Waals surface area contributed by atoms with Gasteiger partial charge < -0.3 is 10.1 Å². The minimum atomic E-state index is -0.679. The van der Waals surface area contributed by atoms with Gasteiger partial charge >= 0.3 is 20.1 Å². The molecule has 0 bridgehead atoms. The summed E-state index contributed by atoms with van der Waals surface area (Å²) < 4.78 is 0. The molecule has 9 rings (SSSR count). The van der Waals surface area contributed by atoms with E-state index in [1.807, 2.05) is 54.7 Å². The van der Waals surface area contributed by atoms with Gasteiger partial charge in [0.15, 0.2) is 0 Å². The standard InChI is InChI=1S/C33H20N2.C8H7N4.Ir/c1-2-12-23(13-3-1)32-25-15-5-4-14-24(25)22-31(35-32)33(30-20-10-11-21-34-30)28-18-8-6-16-26(28)27-17-7-9-19-29(27)33;1-6-10-8(12-11-6)7-4-2-3-5-9-7;/h1-12,14-18,20-22H;2-5H,1H3;/q-2;-1;+3/t33-;;/m0../s1. The maximum absolute atomic E-state index is 5.41. The normalized spacial score (nSPS) is 14.3. The zero-order chi connectivity index (χ0) is 31.6. The summed E-state index contributed by atoms with van der Waals surface area (Å²) in [5, 5.41) is 9.90. The average Bonchev–Trinajstić information content (AvgIpc) is 3.72. The van der Waals surface area contributed by atoms with E-state index in [1.54, 1.807) is 13.1 Å². The van der Waals surface area contributed by atoms with Gasteiger partial charge in [0, 0.05) is 23.9 Å². The van der Waals surface area contributed by atoms with E-state index in [0.717, 1.165) is 44.7 Å². The molecule has 0 N–H and O–H groups in total. The van der Waals surface area contributed by atoms with Gasteiger partial charge in [0.2, 0.25) is 0 Å². The van der Waals surface area contributed by atoms with Gasteiger partial charge in [-0.25, -0.2) is 0 Å². The molecule has 8 aromatic rings. The molecule has 0 saturated carbocycles. The van der Waals surface area contributed by atoms with Crippen LogP contribution in [0.4, 0.5) is 0 Å². The van der Waals surface area contributed by atoms with E-state index >= 15 is 0 Å². The summed E-state index contributed by atoms with van der Waals surface area (Å²) in [6.07, 6.45) is 3.58. The van der Waals surface area contributed by atoms with Crippen molar-refractivity contribution in [1.82, 2.24) is 30.1 Å². The molecule has 48 heavy (non-hydrogen) atoms. The molecule has 7 heteroatoms. The first-order valence-electron chi connectivity index (χ1n) is 15.4. The molecule has 230 valence electrons. The van der Waals surface area contributed by atoms with Crippen molar-refractivity contribution in [2.75, 3.05) is 0 Å². The predicted octanol–water partition coefficient (Wildman–Crippen LogP) is 8.06. The molecular formula is C41H27IrN6. The van der Waals surface area contributed by atoms with Gasteiger partial charge in [0.05, 0.1) is 16.8 Å². The van der Waals surface area contributed by atoms with Gasteiger partial charge in [-0.3, -0.25) is 20.1 Å². The summed E-state index contributed by atoms with van der Waals surface area (Å²) in [5.74, 6) is 1.27.